The van der Waals surface area contributed by atoms with Gasteiger partial charge in [-0.1, -0.05) is 59.1 Å². The van der Waals surface area contributed by atoms with Gasteiger partial charge in [-0.05, 0) is 72.5 Å². The van der Waals surface area contributed by atoms with Crippen molar-refractivity contribution in [3.05, 3.63) is 97.5 Å². The number of carbonyl (C=O) groups is 1. The fourth-order valence-corrected chi connectivity index (χ4v) is 3.47. The first-order valence-corrected chi connectivity index (χ1v) is 10.8. The van der Waals surface area contributed by atoms with Gasteiger partial charge in [0.15, 0.2) is 0 Å². The minimum Gasteiger partial charge on any atom is -0.487 e. The van der Waals surface area contributed by atoms with Gasteiger partial charge >= 0.3 is 0 Å². The number of hydrogen-bond acceptors (Lipinski definition) is 3. The third kappa shape index (κ3) is 5.83. The Bertz CT molecular complexity index is 1250. The van der Waals surface area contributed by atoms with Crippen molar-refractivity contribution in [1.82, 2.24) is 0 Å². The van der Waals surface area contributed by atoms with Crippen molar-refractivity contribution in [2.75, 3.05) is 5.32 Å². The van der Waals surface area contributed by atoms with Crippen molar-refractivity contribution in [3.63, 3.8) is 0 Å². The predicted octanol–water partition coefficient (Wildman–Crippen LogP) is 7.39. The Morgan fingerprint density at radius 1 is 1.03 bits per heavy atom. The van der Waals surface area contributed by atoms with E-state index in [4.69, 9.17) is 39.5 Å². The molecule has 0 spiro atoms. The van der Waals surface area contributed by atoms with Gasteiger partial charge in [0.1, 0.15) is 24.0 Å². The summed E-state index contributed by atoms with van der Waals surface area (Å²) in [5.41, 5.74) is 4.07. The van der Waals surface area contributed by atoms with Gasteiger partial charge in [-0.25, -0.2) is 0 Å². The fourth-order valence-electron chi connectivity index (χ4n) is 2.91. The lowest BCUT2D eigenvalue weighted by molar-refractivity contribution is -0.112. The van der Waals surface area contributed by atoms with E-state index in [0.717, 1.165) is 16.7 Å². The minimum absolute atomic E-state index is 0.0357. The molecule has 3 aromatic carbocycles. The topological polar surface area (TPSA) is 62.1 Å². The van der Waals surface area contributed by atoms with E-state index in [1.165, 1.54) is 6.08 Å². The Hall–Kier alpha value is -2.97. The van der Waals surface area contributed by atoms with Crippen molar-refractivity contribution in [2.24, 2.45) is 0 Å². The van der Waals surface area contributed by atoms with Crippen LogP contribution in [0.5, 0.6) is 5.75 Å². The van der Waals surface area contributed by atoms with E-state index >= 15 is 0 Å². The van der Waals surface area contributed by atoms with Crippen LogP contribution in [-0.2, 0) is 11.4 Å². The summed E-state index contributed by atoms with van der Waals surface area (Å²) < 4.78 is 5.76. The summed E-state index contributed by atoms with van der Waals surface area (Å²) >= 11 is 18.3. The number of nitrogens with zero attached hydrogens (tertiary/aromatic N) is 1. The second-order valence-electron chi connectivity index (χ2n) is 7.10. The summed E-state index contributed by atoms with van der Waals surface area (Å²) in [4.78, 5) is 12.6. The zero-order valence-electron chi connectivity index (χ0n) is 17.4. The summed E-state index contributed by atoms with van der Waals surface area (Å²) in [6.07, 6.45) is 1.48. The van der Waals surface area contributed by atoms with Gasteiger partial charge in [-0.3, -0.25) is 4.79 Å². The summed E-state index contributed by atoms with van der Waals surface area (Å²) in [6.45, 7) is 4.13. The molecule has 0 radical (unpaired) electrons. The molecule has 7 heteroatoms. The smallest absolute Gasteiger partial charge is 0.266 e. The first-order valence-electron chi connectivity index (χ1n) is 9.64. The number of anilines is 1. The molecule has 0 aliphatic heterocycles. The molecular formula is C25H19Cl3N2O2. The van der Waals surface area contributed by atoms with Crippen LogP contribution in [0, 0.1) is 25.2 Å². The molecule has 0 heterocycles. The zero-order valence-corrected chi connectivity index (χ0v) is 19.6. The molecule has 162 valence electrons. The van der Waals surface area contributed by atoms with Crippen LogP contribution >= 0.6 is 34.8 Å². The molecule has 1 amide bonds. The number of nitriles is 1. The number of amides is 1. The zero-order chi connectivity index (χ0) is 23.3. The predicted molar refractivity (Wildman–Crippen MR) is 130 cm³/mol. The van der Waals surface area contributed by atoms with E-state index in [1.807, 2.05) is 38.1 Å². The summed E-state index contributed by atoms with van der Waals surface area (Å²) in [5.74, 6) is -0.0227. The summed E-state index contributed by atoms with van der Waals surface area (Å²) in [6, 6.07) is 17.8. The number of nitrogens with one attached hydrogen (secondary N) is 1. The van der Waals surface area contributed by atoms with Gasteiger partial charge < -0.3 is 10.1 Å². The Labute approximate surface area is 202 Å². The Morgan fingerprint density at radius 2 is 1.81 bits per heavy atom. The first kappa shape index (κ1) is 23.7. The average molecular weight is 486 g/mol. The third-order valence-electron chi connectivity index (χ3n) is 4.86. The van der Waals surface area contributed by atoms with Gasteiger partial charge in [0, 0.05) is 5.69 Å². The lowest BCUT2D eigenvalue weighted by Crippen LogP contribution is -2.14. The van der Waals surface area contributed by atoms with Crippen molar-refractivity contribution in [1.29, 1.82) is 5.26 Å². The number of halogens is 3. The van der Waals surface area contributed by atoms with E-state index in [0.29, 0.717) is 32.1 Å². The number of carbonyl (C=O) groups excluding carboxylic acids is 1. The normalized spacial score (nSPS) is 11.1. The quantitative estimate of drug-likeness (QED) is 0.292. The highest BCUT2D eigenvalue weighted by molar-refractivity contribution is 6.42. The van der Waals surface area contributed by atoms with Crippen molar-refractivity contribution >= 4 is 52.5 Å². The van der Waals surface area contributed by atoms with Crippen molar-refractivity contribution in [3.8, 4) is 11.8 Å². The van der Waals surface area contributed by atoms with E-state index < -0.39 is 5.91 Å². The number of rotatable bonds is 6. The lowest BCUT2D eigenvalue weighted by Gasteiger charge is -2.11. The SMILES string of the molecule is Cc1cccc(NC(=O)/C(C#N)=C/c2ccc(OCc3ccc(Cl)c(Cl)c3)c(Cl)c2)c1C. The van der Waals surface area contributed by atoms with Gasteiger partial charge in [0.2, 0.25) is 0 Å². The number of aryl methyl sites for hydroxylation is 1. The largest absolute Gasteiger partial charge is 0.487 e. The fraction of sp³-hybridized carbons (Fsp3) is 0.120. The summed E-state index contributed by atoms with van der Waals surface area (Å²) in [5, 5.41) is 13.5. The maximum absolute atomic E-state index is 12.6. The summed E-state index contributed by atoms with van der Waals surface area (Å²) in [7, 11) is 0. The molecule has 0 bridgehead atoms. The van der Waals surface area contributed by atoms with E-state index in [-0.39, 0.29) is 12.2 Å². The highest BCUT2D eigenvalue weighted by Gasteiger charge is 2.12. The highest BCUT2D eigenvalue weighted by atomic mass is 35.5. The Kier molecular flexibility index (Phi) is 7.82. The average Bonchev–Trinajstić information content (AvgIpc) is 2.76. The van der Waals surface area contributed by atoms with Crippen LogP contribution in [0.2, 0.25) is 15.1 Å². The second-order valence-corrected chi connectivity index (χ2v) is 8.32. The van der Waals surface area contributed by atoms with E-state index in [2.05, 4.69) is 5.32 Å². The monoisotopic (exact) mass is 484 g/mol. The van der Waals surface area contributed by atoms with Gasteiger partial charge in [-0.15, -0.1) is 0 Å². The molecule has 0 atom stereocenters. The molecule has 3 aromatic rings. The molecule has 32 heavy (non-hydrogen) atoms. The molecule has 0 aliphatic carbocycles. The lowest BCUT2D eigenvalue weighted by atomic mass is 10.1. The number of benzene rings is 3. The maximum Gasteiger partial charge on any atom is 0.266 e. The van der Waals surface area contributed by atoms with Crippen LogP contribution in [-0.4, -0.2) is 5.91 Å². The van der Waals surface area contributed by atoms with Crippen LogP contribution < -0.4 is 10.1 Å². The van der Waals surface area contributed by atoms with E-state index in [9.17, 15) is 10.1 Å². The molecule has 4 nitrogen and oxygen atoms in total. The van der Waals surface area contributed by atoms with Crippen LogP contribution in [0.15, 0.2) is 60.2 Å². The van der Waals surface area contributed by atoms with Gasteiger partial charge in [0.05, 0.1) is 15.1 Å². The molecular weight excluding hydrogens is 467 g/mol. The molecule has 0 fully saturated rings. The second kappa shape index (κ2) is 10.6. The molecule has 3 rings (SSSR count). The third-order valence-corrected chi connectivity index (χ3v) is 5.90. The Morgan fingerprint density at radius 3 is 2.50 bits per heavy atom. The van der Waals surface area contributed by atoms with Gasteiger partial charge in [0.25, 0.3) is 5.91 Å². The van der Waals surface area contributed by atoms with E-state index in [1.54, 1.807) is 36.4 Å². The molecule has 0 aliphatic rings. The van der Waals surface area contributed by atoms with Crippen LogP contribution in [0.25, 0.3) is 6.08 Å². The standard InChI is InChI=1S/C25H19Cl3N2O2/c1-15-4-3-5-23(16(15)2)30-25(31)19(13-29)10-17-7-9-24(22(28)11-17)32-14-18-6-8-20(26)21(27)12-18/h3-12H,14H2,1-2H3,(H,30,31)/b19-10+. The molecule has 0 unspecified atom stereocenters. The molecule has 1 N–H and O–H groups in total. The molecule has 0 saturated heterocycles. The Balaban J connectivity index is 1.73. The van der Waals surface area contributed by atoms with Crippen LogP contribution in [0.3, 0.4) is 0 Å². The van der Waals surface area contributed by atoms with Crippen molar-refractivity contribution < 1.29 is 9.53 Å². The van der Waals surface area contributed by atoms with Gasteiger partial charge in [-0.2, -0.15) is 5.26 Å². The van der Waals surface area contributed by atoms with Crippen molar-refractivity contribution in [2.45, 2.75) is 20.5 Å². The minimum atomic E-state index is -0.489. The molecule has 0 saturated carbocycles. The molecule has 0 aromatic heterocycles. The number of hydrogen-bond donors (Lipinski definition) is 1. The van der Waals surface area contributed by atoms with Crippen LogP contribution in [0.1, 0.15) is 22.3 Å². The first-order chi connectivity index (χ1) is 15.3. The maximum atomic E-state index is 12.6. The van der Waals surface area contributed by atoms with Crippen LogP contribution in [0.4, 0.5) is 5.69 Å². The number of ether oxygens (including phenoxy) is 1. The highest BCUT2D eigenvalue weighted by Crippen LogP contribution is 2.29.